The number of rotatable bonds is 5. The van der Waals surface area contributed by atoms with Crippen molar-refractivity contribution in [2.24, 2.45) is 5.14 Å². The van der Waals surface area contributed by atoms with Crippen LogP contribution in [0.2, 0.25) is 5.02 Å². The van der Waals surface area contributed by atoms with Crippen molar-refractivity contribution in [2.45, 2.75) is 11.8 Å². The number of nitrogens with two attached hydrogens (primary N) is 1. The normalized spacial score (nSPS) is 12.9. The van der Waals surface area contributed by atoms with Gasteiger partial charge in [0.2, 0.25) is 10.0 Å². The lowest BCUT2D eigenvalue weighted by Crippen LogP contribution is -2.20. The number of benzene rings is 2. The molecule has 0 bridgehead atoms. The van der Waals surface area contributed by atoms with E-state index in [1.54, 1.807) is 24.3 Å². The van der Waals surface area contributed by atoms with Crippen LogP contribution >= 0.6 is 11.6 Å². The summed E-state index contributed by atoms with van der Waals surface area (Å²) >= 11 is 5.76. The lowest BCUT2D eigenvalue weighted by molar-refractivity contribution is 0.593. The van der Waals surface area contributed by atoms with E-state index in [-0.39, 0.29) is 4.91 Å². The molecule has 0 spiro atoms. The molecule has 10 heteroatoms. The molecule has 0 aliphatic rings. The fourth-order valence-corrected chi connectivity index (χ4v) is 3.75. The van der Waals surface area contributed by atoms with Crippen molar-refractivity contribution in [1.82, 2.24) is 0 Å². The highest BCUT2D eigenvalue weighted by molar-refractivity contribution is 7.96. The maximum absolute atomic E-state index is 14.0. The molecule has 0 saturated carbocycles. The molecular formula is C15H14ClFN2O4S2. The molecule has 25 heavy (non-hydrogen) atoms. The lowest BCUT2D eigenvalue weighted by Gasteiger charge is -2.12. The van der Waals surface area contributed by atoms with E-state index in [0.717, 1.165) is 18.2 Å². The molecule has 0 radical (unpaired) electrons. The highest BCUT2D eigenvalue weighted by Crippen LogP contribution is 2.26. The molecule has 2 aromatic carbocycles. The smallest absolute Gasteiger partial charge is 0.257 e. The van der Waals surface area contributed by atoms with Gasteiger partial charge in [0.15, 0.2) is 0 Å². The molecule has 0 aliphatic carbocycles. The zero-order valence-electron chi connectivity index (χ0n) is 12.9. The number of primary sulfonamides is 1. The number of nitrogens with one attached hydrogen (secondary N) is 1. The van der Waals surface area contributed by atoms with Gasteiger partial charge in [0, 0.05) is 5.02 Å². The molecule has 134 valence electrons. The molecule has 6 nitrogen and oxygen atoms in total. The molecule has 3 N–H and O–H groups in total. The Bertz CT molecular complexity index is 1030. The SMILES string of the molecule is C/C(=C\c1ccc(Cl)cc1)S(=O)(=O)Nc1c(F)cccc1S(N)(=O)=O. The summed E-state index contributed by atoms with van der Waals surface area (Å²) in [7, 11) is -8.53. The third-order valence-electron chi connectivity index (χ3n) is 3.18. The molecule has 2 aromatic rings. The van der Waals surface area contributed by atoms with Crippen molar-refractivity contribution in [1.29, 1.82) is 0 Å². The van der Waals surface area contributed by atoms with Crippen LogP contribution in [0, 0.1) is 5.82 Å². The first-order valence-corrected chi connectivity index (χ1v) is 10.2. The van der Waals surface area contributed by atoms with E-state index >= 15 is 0 Å². The summed E-state index contributed by atoms with van der Waals surface area (Å²) in [4.78, 5) is -0.811. The Morgan fingerprint density at radius 1 is 1.12 bits per heavy atom. The first kappa shape index (κ1) is 19.4. The average molecular weight is 405 g/mol. The molecule has 2 rings (SSSR count). The molecule has 0 atom stereocenters. The van der Waals surface area contributed by atoms with Gasteiger partial charge in [-0.3, -0.25) is 4.72 Å². The second-order valence-corrected chi connectivity index (χ2v) is 8.89. The summed E-state index contributed by atoms with van der Waals surface area (Å²) in [5.41, 5.74) is -0.179. The molecule has 0 fully saturated rings. The van der Waals surface area contributed by atoms with Crippen LogP contribution in [0.1, 0.15) is 12.5 Å². The van der Waals surface area contributed by atoms with Gasteiger partial charge in [-0.2, -0.15) is 0 Å². The van der Waals surface area contributed by atoms with Crippen LogP contribution in [-0.4, -0.2) is 16.8 Å². The number of anilines is 1. The molecule has 0 heterocycles. The van der Waals surface area contributed by atoms with Gasteiger partial charge in [0.1, 0.15) is 16.4 Å². The summed E-state index contributed by atoms with van der Waals surface area (Å²) in [5.74, 6) is -1.06. The van der Waals surface area contributed by atoms with Gasteiger partial charge in [-0.05, 0) is 42.8 Å². The fourth-order valence-electron chi connectivity index (χ4n) is 1.93. The second kappa shape index (κ2) is 7.12. The average Bonchev–Trinajstić information content (AvgIpc) is 2.50. The number of allylic oxidation sites excluding steroid dienone is 1. The first-order valence-electron chi connectivity index (χ1n) is 6.79. The van der Waals surface area contributed by atoms with Crippen LogP contribution in [0.15, 0.2) is 52.3 Å². The van der Waals surface area contributed by atoms with Crippen LogP contribution in [-0.2, 0) is 20.0 Å². The molecule has 0 unspecified atom stereocenters. The van der Waals surface area contributed by atoms with Crippen LogP contribution < -0.4 is 9.86 Å². The van der Waals surface area contributed by atoms with Crippen molar-refractivity contribution in [3.63, 3.8) is 0 Å². The van der Waals surface area contributed by atoms with Gasteiger partial charge in [-0.15, -0.1) is 0 Å². The van der Waals surface area contributed by atoms with Gasteiger partial charge >= 0.3 is 0 Å². The minimum absolute atomic E-state index is 0.154. The monoisotopic (exact) mass is 404 g/mol. The summed E-state index contributed by atoms with van der Waals surface area (Å²) < 4.78 is 63.8. The van der Waals surface area contributed by atoms with Crippen LogP contribution in [0.4, 0.5) is 10.1 Å². The Labute approximate surface area is 150 Å². The fraction of sp³-hybridized carbons (Fsp3) is 0.0667. The van der Waals surface area contributed by atoms with Gasteiger partial charge in [-0.25, -0.2) is 26.4 Å². The number of para-hydroxylation sites is 1. The second-order valence-electron chi connectivity index (χ2n) is 5.07. The quantitative estimate of drug-likeness (QED) is 0.798. The summed E-state index contributed by atoms with van der Waals surface area (Å²) in [6.07, 6.45) is 1.33. The lowest BCUT2D eigenvalue weighted by atomic mass is 10.2. The molecule has 0 aliphatic heterocycles. The van der Waals surface area contributed by atoms with Crippen molar-refractivity contribution in [3.8, 4) is 0 Å². The predicted octanol–water partition coefficient (Wildman–Crippen LogP) is 2.93. The molecular weight excluding hydrogens is 391 g/mol. The Kier molecular flexibility index (Phi) is 5.52. The molecule has 0 aromatic heterocycles. The van der Waals surface area contributed by atoms with Gasteiger partial charge in [-0.1, -0.05) is 29.8 Å². The number of sulfonamides is 2. The zero-order valence-corrected chi connectivity index (χ0v) is 15.3. The maximum atomic E-state index is 14.0. The summed E-state index contributed by atoms with van der Waals surface area (Å²) in [6.45, 7) is 1.29. The van der Waals surface area contributed by atoms with Crippen molar-refractivity contribution in [3.05, 3.63) is 63.8 Å². The minimum atomic E-state index is -4.32. The van der Waals surface area contributed by atoms with Crippen molar-refractivity contribution in [2.75, 3.05) is 4.72 Å². The third-order valence-corrected chi connectivity index (χ3v) is 5.83. The summed E-state index contributed by atoms with van der Waals surface area (Å²) in [5, 5.41) is 5.49. The van der Waals surface area contributed by atoms with E-state index in [9.17, 15) is 21.2 Å². The third kappa shape index (κ3) is 4.79. The highest BCUT2D eigenvalue weighted by atomic mass is 35.5. The molecule has 0 amide bonds. The maximum Gasteiger partial charge on any atom is 0.257 e. The Balaban J connectivity index is 2.44. The predicted molar refractivity (Wildman–Crippen MR) is 95.4 cm³/mol. The summed E-state index contributed by atoms with van der Waals surface area (Å²) in [6, 6.07) is 9.40. The van der Waals surface area contributed by atoms with Gasteiger partial charge in [0.05, 0.1) is 4.91 Å². The standard InChI is InChI=1S/C15H14ClFN2O4S2/c1-10(9-11-5-7-12(16)8-6-11)25(22,23)19-15-13(17)3-2-4-14(15)24(18,20)21/h2-9,19H,1H3,(H2,18,20,21)/b10-9+. The zero-order chi connectivity index (χ0) is 18.8. The highest BCUT2D eigenvalue weighted by Gasteiger charge is 2.23. The molecule has 0 saturated heterocycles. The first-order chi connectivity index (χ1) is 11.5. The number of hydrogen-bond donors (Lipinski definition) is 2. The Morgan fingerprint density at radius 3 is 2.28 bits per heavy atom. The topological polar surface area (TPSA) is 106 Å². The number of halogens is 2. The van der Waals surface area contributed by atoms with Gasteiger partial charge in [0.25, 0.3) is 10.0 Å². The van der Waals surface area contributed by atoms with Gasteiger partial charge < -0.3 is 0 Å². The largest absolute Gasteiger partial charge is 0.276 e. The van der Waals surface area contributed by atoms with E-state index in [2.05, 4.69) is 0 Å². The minimum Gasteiger partial charge on any atom is -0.276 e. The van der Waals surface area contributed by atoms with Crippen molar-refractivity contribution >= 4 is 43.4 Å². The Hall–Kier alpha value is -1.94. The van der Waals surface area contributed by atoms with E-state index < -0.39 is 36.4 Å². The van der Waals surface area contributed by atoms with Crippen LogP contribution in [0.25, 0.3) is 6.08 Å². The number of hydrogen-bond acceptors (Lipinski definition) is 4. The van der Waals surface area contributed by atoms with E-state index in [4.69, 9.17) is 16.7 Å². The van der Waals surface area contributed by atoms with Crippen LogP contribution in [0.5, 0.6) is 0 Å². The van der Waals surface area contributed by atoms with Crippen LogP contribution in [0.3, 0.4) is 0 Å². The van der Waals surface area contributed by atoms with E-state index in [1.165, 1.54) is 13.0 Å². The van der Waals surface area contributed by atoms with Crippen molar-refractivity contribution < 1.29 is 21.2 Å². The van der Waals surface area contributed by atoms with E-state index in [1.807, 2.05) is 4.72 Å². The Morgan fingerprint density at radius 2 is 1.72 bits per heavy atom. The van der Waals surface area contributed by atoms with E-state index in [0.29, 0.717) is 10.6 Å².